The number of likely N-dealkylation sites (N-methyl/N-ethyl adjacent to an activating group) is 1. The Morgan fingerprint density at radius 2 is 2.19 bits per heavy atom. The largest absolute Gasteiger partial charge is 0.330 e. The summed E-state index contributed by atoms with van der Waals surface area (Å²) in [7, 11) is 1.88. The van der Waals surface area contributed by atoms with Crippen molar-refractivity contribution in [2.24, 2.45) is 5.73 Å². The highest BCUT2D eigenvalue weighted by Gasteiger charge is 2.07. The molecule has 16 heavy (non-hydrogen) atoms. The Morgan fingerprint density at radius 3 is 2.81 bits per heavy atom. The van der Waals surface area contributed by atoms with Gasteiger partial charge in [0.2, 0.25) is 11.9 Å². The molecule has 0 bridgehead atoms. The molecule has 88 valence electrons. The van der Waals surface area contributed by atoms with Crippen molar-refractivity contribution in [1.29, 1.82) is 0 Å². The number of nitrogens with two attached hydrogens (primary N) is 1. The highest BCUT2D eigenvalue weighted by molar-refractivity contribution is 5.90. The minimum atomic E-state index is -0.120. The highest BCUT2D eigenvalue weighted by Crippen LogP contribution is 1.94. The molecule has 0 aliphatic carbocycles. The van der Waals surface area contributed by atoms with Gasteiger partial charge in [0.05, 0.1) is 6.54 Å². The van der Waals surface area contributed by atoms with Crippen molar-refractivity contribution in [3.05, 3.63) is 18.5 Å². The molecule has 1 heterocycles. The van der Waals surface area contributed by atoms with Gasteiger partial charge in [-0.05, 0) is 32.6 Å². The van der Waals surface area contributed by atoms with Crippen molar-refractivity contribution in [1.82, 2.24) is 14.9 Å². The van der Waals surface area contributed by atoms with Crippen molar-refractivity contribution < 1.29 is 4.79 Å². The van der Waals surface area contributed by atoms with Gasteiger partial charge < -0.3 is 5.73 Å². The fourth-order valence-corrected chi connectivity index (χ4v) is 1.21. The van der Waals surface area contributed by atoms with Crippen LogP contribution < -0.4 is 11.1 Å². The van der Waals surface area contributed by atoms with Gasteiger partial charge in [0, 0.05) is 12.4 Å². The lowest BCUT2D eigenvalue weighted by Crippen LogP contribution is -2.32. The number of nitrogens with one attached hydrogen (secondary N) is 1. The second-order valence-corrected chi connectivity index (χ2v) is 3.50. The molecular weight excluding hydrogens is 206 g/mol. The first-order valence-corrected chi connectivity index (χ1v) is 5.18. The number of amides is 1. The molecule has 0 aliphatic rings. The predicted molar refractivity (Wildman–Crippen MR) is 61.8 cm³/mol. The van der Waals surface area contributed by atoms with Gasteiger partial charge in [0.1, 0.15) is 0 Å². The zero-order chi connectivity index (χ0) is 11.8. The maximum atomic E-state index is 11.5. The van der Waals surface area contributed by atoms with E-state index in [1.807, 2.05) is 11.9 Å². The van der Waals surface area contributed by atoms with Crippen LogP contribution in [0.15, 0.2) is 18.5 Å². The zero-order valence-electron chi connectivity index (χ0n) is 9.39. The van der Waals surface area contributed by atoms with Crippen LogP contribution in [0.2, 0.25) is 0 Å². The molecule has 0 aromatic carbocycles. The number of carbonyl (C=O) groups excluding carboxylic acids is 1. The smallest absolute Gasteiger partial charge is 0.240 e. The summed E-state index contributed by atoms with van der Waals surface area (Å²) in [5.41, 5.74) is 5.38. The van der Waals surface area contributed by atoms with E-state index in [2.05, 4.69) is 15.3 Å². The van der Waals surface area contributed by atoms with Gasteiger partial charge in [0.25, 0.3) is 0 Å². The van der Waals surface area contributed by atoms with E-state index in [0.29, 0.717) is 19.0 Å². The van der Waals surface area contributed by atoms with E-state index in [0.717, 1.165) is 13.0 Å². The summed E-state index contributed by atoms with van der Waals surface area (Å²) in [4.78, 5) is 21.2. The molecule has 0 unspecified atom stereocenters. The molecule has 6 nitrogen and oxygen atoms in total. The zero-order valence-corrected chi connectivity index (χ0v) is 9.39. The van der Waals surface area contributed by atoms with Crippen molar-refractivity contribution in [2.75, 3.05) is 32.0 Å². The Labute approximate surface area is 94.9 Å². The Hall–Kier alpha value is -1.53. The van der Waals surface area contributed by atoms with Gasteiger partial charge >= 0.3 is 0 Å². The summed E-state index contributed by atoms with van der Waals surface area (Å²) in [6, 6.07) is 1.70. The van der Waals surface area contributed by atoms with Gasteiger partial charge in [-0.15, -0.1) is 0 Å². The molecule has 0 spiro atoms. The monoisotopic (exact) mass is 223 g/mol. The lowest BCUT2D eigenvalue weighted by atomic mass is 10.4. The van der Waals surface area contributed by atoms with Crippen LogP contribution in [0.1, 0.15) is 6.42 Å². The van der Waals surface area contributed by atoms with E-state index >= 15 is 0 Å². The number of rotatable bonds is 6. The Balaban J connectivity index is 2.31. The molecule has 1 aromatic heterocycles. The third-order valence-electron chi connectivity index (χ3n) is 1.97. The first-order chi connectivity index (χ1) is 7.72. The van der Waals surface area contributed by atoms with Crippen molar-refractivity contribution in [3.63, 3.8) is 0 Å². The number of hydrogen-bond donors (Lipinski definition) is 2. The molecule has 0 saturated heterocycles. The van der Waals surface area contributed by atoms with E-state index in [9.17, 15) is 4.79 Å². The van der Waals surface area contributed by atoms with E-state index in [-0.39, 0.29) is 5.91 Å². The Bertz CT molecular complexity index is 316. The summed E-state index contributed by atoms with van der Waals surface area (Å²) in [6.45, 7) is 1.76. The van der Waals surface area contributed by atoms with E-state index in [1.54, 1.807) is 18.5 Å². The molecule has 3 N–H and O–H groups in total. The van der Waals surface area contributed by atoms with Crippen LogP contribution >= 0.6 is 0 Å². The van der Waals surface area contributed by atoms with Crippen molar-refractivity contribution in [2.45, 2.75) is 6.42 Å². The second kappa shape index (κ2) is 6.86. The average molecular weight is 223 g/mol. The fraction of sp³-hybridized carbons (Fsp3) is 0.500. The van der Waals surface area contributed by atoms with Gasteiger partial charge in [-0.1, -0.05) is 0 Å². The summed E-state index contributed by atoms with van der Waals surface area (Å²) in [5.74, 6) is 0.213. The Kier molecular flexibility index (Phi) is 5.38. The lowest BCUT2D eigenvalue weighted by molar-refractivity contribution is -0.117. The average Bonchev–Trinajstić information content (AvgIpc) is 2.27. The van der Waals surface area contributed by atoms with Crippen molar-refractivity contribution in [3.8, 4) is 0 Å². The summed E-state index contributed by atoms with van der Waals surface area (Å²) in [5, 5.41) is 2.62. The highest BCUT2D eigenvalue weighted by atomic mass is 16.2. The van der Waals surface area contributed by atoms with Crippen LogP contribution in [0.5, 0.6) is 0 Å². The lowest BCUT2D eigenvalue weighted by Gasteiger charge is -2.14. The quantitative estimate of drug-likeness (QED) is 0.691. The SMILES string of the molecule is CN(CCCN)CC(=O)Nc1ncccn1. The normalized spacial score (nSPS) is 10.4. The van der Waals surface area contributed by atoms with Crippen LogP contribution in [0.3, 0.4) is 0 Å². The van der Waals surface area contributed by atoms with Crippen LogP contribution in [0.4, 0.5) is 5.95 Å². The Morgan fingerprint density at radius 1 is 1.50 bits per heavy atom. The van der Waals surface area contributed by atoms with E-state index in [1.165, 1.54) is 0 Å². The molecule has 0 radical (unpaired) electrons. The molecule has 0 saturated carbocycles. The molecule has 0 atom stereocenters. The third-order valence-corrected chi connectivity index (χ3v) is 1.97. The number of carbonyl (C=O) groups is 1. The summed E-state index contributed by atoms with van der Waals surface area (Å²) < 4.78 is 0. The molecule has 6 heteroatoms. The number of hydrogen-bond acceptors (Lipinski definition) is 5. The van der Waals surface area contributed by atoms with E-state index in [4.69, 9.17) is 5.73 Å². The van der Waals surface area contributed by atoms with Crippen LogP contribution in [-0.4, -0.2) is 47.5 Å². The summed E-state index contributed by atoms with van der Waals surface area (Å²) >= 11 is 0. The van der Waals surface area contributed by atoms with Gasteiger partial charge in [-0.2, -0.15) is 0 Å². The van der Waals surface area contributed by atoms with Crippen LogP contribution in [-0.2, 0) is 4.79 Å². The predicted octanol–water partition coefficient (Wildman–Crippen LogP) is -0.304. The van der Waals surface area contributed by atoms with Crippen LogP contribution in [0, 0.1) is 0 Å². The third kappa shape index (κ3) is 4.81. The molecule has 0 fully saturated rings. The number of nitrogens with zero attached hydrogens (tertiary/aromatic N) is 3. The minimum Gasteiger partial charge on any atom is -0.330 e. The molecule has 1 aromatic rings. The summed E-state index contributed by atoms with van der Waals surface area (Å²) in [6.07, 6.45) is 4.05. The van der Waals surface area contributed by atoms with E-state index < -0.39 is 0 Å². The van der Waals surface area contributed by atoms with Gasteiger partial charge in [-0.3, -0.25) is 15.0 Å². The maximum Gasteiger partial charge on any atom is 0.240 e. The van der Waals surface area contributed by atoms with Gasteiger partial charge in [-0.25, -0.2) is 9.97 Å². The first kappa shape index (κ1) is 12.5. The number of anilines is 1. The van der Waals surface area contributed by atoms with Gasteiger partial charge in [0.15, 0.2) is 0 Å². The number of aromatic nitrogens is 2. The maximum absolute atomic E-state index is 11.5. The standard InChI is InChI=1S/C10H17N5O/c1-15(7-2-4-11)8-9(16)14-10-12-5-3-6-13-10/h3,5-6H,2,4,7-8,11H2,1H3,(H,12,13,14,16). The minimum absolute atomic E-state index is 0.120. The second-order valence-electron chi connectivity index (χ2n) is 3.50. The van der Waals surface area contributed by atoms with Crippen molar-refractivity contribution >= 4 is 11.9 Å². The topological polar surface area (TPSA) is 84.1 Å². The molecule has 1 rings (SSSR count). The van der Waals surface area contributed by atoms with Crippen LogP contribution in [0.25, 0.3) is 0 Å². The first-order valence-electron chi connectivity index (χ1n) is 5.18. The molecular formula is C10H17N5O. The fourth-order valence-electron chi connectivity index (χ4n) is 1.21. The molecule has 0 aliphatic heterocycles. The molecule has 1 amide bonds.